The quantitative estimate of drug-likeness (QED) is 0.587. The highest BCUT2D eigenvalue weighted by molar-refractivity contribution is 5.78. The van der Waals surface area contributed by atoms with Gasteiger partial charge in [0.2, 0.25) is 5.91 Å². The predicted octanol–water partition coefficient (Wildman–Crippen LogP) is 2.96. The van der Waals surface area contributed by atoms with Crippen molar-refractivity contribution in [3.05, 3.63) is 59.0 Å². The van der Waals surface area contributed by atoms with Crippen LogP contribution in [0.4, 0.5) is 5.69 Å². The molecule has 0 saturated carbocycles. The summed E-state index contributed by atoms with van der Waals surface area (Å²) in [6.07, 6.45) is 1.23. The van der Waals surface area contributed by atoms with Crippen molar-refractivity contribution >= 4 is 22.6 Å². The van der Waals surface area contributed by atoms with Crippen molar-refractivity contribution < 1.29 is 9.53 Å². The zero-order valence-electron chi connectivity index (χ0n) is 18.3. The number of aryl methyl sites for hydroxylation is 2. The van der Waals surface area contributed by atoms with E-state index in [2.05, 4.69) is 17.9 Å². The van der Waals surface area contributed by atoms with Gasteiger partial charge in [-0.25, -0.2) is 4.79 Å². The molecule has 4 rings (SSSR count). The minimum atomic E-state index is -0.0290. The van der Waals surface area contributed by atoms with E-state index in [9.17, 15) is 9.59 Å². The number of fused-ring (bicyclic) bond motifs is 1. The van der Waals surface area contributed by atoms with Crippen LogP contribution < -0.4 is 15.3 Å². The van der Waals surface area contributed by atoms with Crippen molar-refractivity contribution in [1.29, 1.82) is 0 Å². The molecule has 2 aromatic carbocycles. The van der Waals surface area contributed by atoms with Gasteiger partial charge in [0.15, 0.2) is 0 Å². The number of methoxy groups -OCH3 is 1. The summed E-state index contributed by atoms with van der Waals surface area (Å²) >= 11 is 0. The van der Waals surface area contributed by atoms with Gasteiger partial charge in [-0.3, -0.25) is 13.9 Å². The third-order valence-electron chi connectivity index (χ3n) is 5.97. The third-order valence-corrected chi connectivity index (χ3v) is 5.97. The Balaban J connectivity index is 1.39. The summed E-state index contributed by atoms with van der Waals surface area (Å²) in [6, 6.07) is 15.8. The molecule has 0 spiro atoms. The summed E-state index contributed by atoms with van der Waals surface area (Å²) in [7, 11) is 1.67. The Kier molecular flexibility index (Phi) is 6.30. The zero-order valence-corrected chi connectivity index (χ0v) is 18.3. The van der Waals surface area contributed by atoms with Crippen LogP contribution >= 0.6 is 0 Å². The maximum atomic E-state index is 12.9. The molecule has 1 aliphatic rings. The maximum absolute atomic E-state index is 12.9. The Hall–Kier alpha value is -3.22. The molecular formula is C24H30N4O3. The molecule has 31 heavy (non-hydrogen) atoms. The summed E-state index contributed by atoms with van der Waals surface area (Å²) in [5.74, 6) is 0.938. The molecule has 1 amide bonds. The van der Waals surface area contributed by atoms with Crippen LogP contribution in [0.1, 0.15) is 19.8 Å². The fourth-order valence-electron chi connectivity index (χ4n) is 4.32. The molecule has 0 unspecified atom stereocenters. The SMILES string of the molecule is CCCn1c(=O)n(CCC(=O)N2CCN(c3cccc(OC)c3)CC2)c2ccccc21. The monoisotopic (exact) mass is 422 g/mol. The molecule has 0 bridgehead atoms. The average molecular weight is 423 g/mol. The molecule has 2 heterocycles. The second kappa shape index (κ2) is 9.29. The Labute approximate surface area is 182 Å². The van der Waals surface area contributed by atoms with Gasteiger partial charge in [-0.2, -0.15) is 0 Å². The molecule has 7 heteroatoms. The van der Waals surface area contributed by atoms with Crippen molar-refractivity contribution in [2.45, 2.75) is 32.9 Å². The number of anilines is 1. The maximum Gasteiger partial charge on any atom is 0.329 e. The fourth-order valence-corrected chi connectivity index (χ4v) is 4.32. The molecule has 1 aromatic heterocycles. The average Bonchev–Trinajstić information content (AvgIpc) is 3.08. The standard InChI is InChI=1S/C24H30N4O3/c1-3-12-27-21-9-4-5-10-22(21)28(24(27)30)13-11-23(29)26-16-14-25(15-17-26)19-7-6-8-20(18-19)31-2/h4-10,18H,3,11-17H2,1-2H3. The van der Waals surface area contributed by atoms with Crippen molar-refractivity contribution in [2.24, 2.45) is 0 Å². The van der Waals surface area contributed by atoms with Crippen LogP contribution in [0.3, 0.4) is 0 Å². The van der Waals surface area contributed by atoms with Crippen LogP contribution in [0.15, 0.2) is 53.3 Å². The highest BCUT2D eigenvalue weighted by Gasteiger charge is 2.22. The van der Waals surface area contributed by atoms with E-state index in [1.807, 2.05) is 51.9 Å². The number of piperazine rings is 1. The number of hydrogen-bond acceptors (Lipinski definition) is 4. The first kappa shape index (κ1) is 21.0. The van der Waals surface area contributed by atoms with Gasteiger partial charge < -0.3 is 14.5 Å². The van der Waals surface area contributed by atoms with Crippen molar-refractivity contribution in [3.63, 3.8) is 0 Å². The summed E-state index contributed by atoms with van der Waals surface area (Å²) in [6.45, 7) is 6.10. The van der Waals surface area contributed by atoms with Crippen molar-refractivity contribution in [2.75, 3.05) is 38.2 Å². The minimum Gasteiger partial charge on any atom is -0.497 e. The number of hydrogen-bond donors (Lipinski definition) is 0. The van der Waals surface area contributed by atoms with Crippen LogP contribution in [0.25, 0.3) is 11.0 Å². The van der Waals surface area contributed by atoms with Crippen LogP contribution in [0, 0.1) is 0 Å². The molecule has 3 aromatic rings. The number of nitrogens with zero attached hydrogens (tertiary/aromatic N) is 4. The van der Waals surface area contributed by atoms with E-state index in [1.165, 1.54) is 0 Å². The highest BCUT2D eigenvalue weighted by Crippen LogP contribution is 2.22. The normalized spacial score (nSPS) is 14.3. The van der Waals surface area contributed by atoms with Gasteiger partial charge in [0.25, 0.3) is 0 Å². The molecule has 1 saturated heterocycles. The first-order valence-electron chi connectivity index (χ1n) is 11.0. The molecular weight excluding hydrogens is 392 g/mol. The van der Waals surface area contributed by atoms with Crippen LogP contribution in [0.2, 0.25) is 0 Å². The van der Waals surface area contributed by atoms with Gasteiger partial charge in [0, 0.05) is 57.4 Å². The largest absolute Gasteiger partial charge is 0.497 e. The van der Waals surface area contributed by atoms with Crippen LogP contribution in [-0.4, -0.2) is 53.2 Å². The number of ether oxygens (including phenoxy) is 1. The number of aromatic nitrogens is 2. The number of rotatable bonds is 7. The van der Waals surface area contributed by atoms with Crippen molar-refractivity contribution in [3.8, 4) is 5.75 Å². The number of para-hydroxylation sites is 2. The minimum absolute atomic E-state index is 0.0290. The Morgan fingerprint density at radius 2 is 1.61 bits per heavy atom. The summed E-state index contributed by atoms with van der Waals surface area (Å²) < 4.78 is 8.87. The van der Waals surface area contributed by atoms with Gasteiger partial charge in [-0.05, 0) is 30.7 Å². The Bertz CT molecular complexity index is 1110. The molecule has 1 fully saturated rings. The van der Waals surface area contributed by atoms with Gasteiger partial charge in [0.1, 0.15) is 5.75 Å². The van der Waals surface area contributed by atoms with Crippen LogP contribution in [-0.2, 0) is 17.9 Å². The topological polar surface area (TPSA) is 59.7 Å². The van der Waals surface area contributed by atoms with E-state index in [4.69, 9.17) is 4.74 Å². The van der Waals surface area contributed by atoms with Gasteiger partial charge in [-0.15, -0.1) is 0 Å². The Morgan fingerprint density at radius 1 is 0.935 bits per heavy atom. The lowest BCUT2D eigenvalue weighted by atomic mass is 10.2. The molecule has 7 nitrogen and oxygen atoms in total. The number of imidazole rings is 1. The van der Waals surface area contributed by atoms with Gasteiger partial charge in [0.05, 0.1) is 18.1 Å². The number of benzene rings is 2. The fraction of sp³-hybridized carbons (Fsp3) is 0.417. The van der Waals surface area contributed by atoms with E-state index in [1.54, 1.807) is 11.7 Å². The zero-order chi connectivity index (χ0) is 21.8. The van der Waals surface area contributed by atoms with E-state index in [-0.39, 0.29) is 11.6 Å². The molecule has 164 valence electrons. The second-order valence-electron chi connectivity index (χ2n) is 7.89. The van der Waals surface area contributed by atoms with E-state index < -0.39 is 0 Å². The lowest BCUT2D eigenvalue weighted by molar-refractivity contribution is -0.131. The second-order valence-corrected chi connectivity index (χ2v) is 7.89. The van der Waals surface area contributed by atoms with Gasteiger partial charge in [-0.1, -0.05) is 25.1 Å². The molecule has 0 aliphatic carbocycles. The first-order valence-corrected chi connectivity index (χ1v) is 11.0. The molecule has 0 N–H and O–H groups in total. The number of carbonyl (C=O) groups is 1. The van der Waals surface area contributed by atoms with E-state index in [0.29, 0.717) is 32.6 Å². The number of carbonyl (C=O) groups excluding carboxylic acids is 1. The Morgan fingerprint density at radius 3 is 2.26 bits per heavy atom. The lowest BCUT2D eigenvalue weighted by Gasteiger charge is -2.36. The summed E-state index contributed by atoms with van der Waals surface area (Å²) in [5.41, 5.74) is 2.92. The summed E-state index contributed by atoms with van der Waals surface area (Å²) in [5, 5.41) is 0. The van der Waals surface area contributed by atoms with E-state index >= 15 is 0 Å². The van der Waals surface area contributed by atoms with E-state index in [0.717, 1.165) is 42.0 Å². The molecule has 0 radical (unpaired) electrons. The summed E-state index contributed by atoms with van der Waals surface area (Å²) in [4.78, 5) is 29.9. The highest BCUT2D eigenvalue weighted by atomic mass is 16.5. The lowest BCUT2D eigenvalue weighted by Crippen LogP contribution is -2.49. The van der Waals surface area contributed by atoms with Gasteiger partial charge >= 0.3 is 5.69 Å². The smallest absolute Gasteiger partial charge is 0.329 e. The van der Waals surface area contributed by atoms with Crippen LogP contribution in [0.5, 0.6) is 5.75 Å². The predicted molar refractivity (Wildman–Crippen MR) is 123 cm³/mol. The third kappa shape index (κ3) is 4.31. The molecule has 0 atom stereocenters. The molecule has 1 aliphatic heterocycles. The number of amides is 1. The first-order chi connectivity index (χ1) is 15.1. The van der Waals surface area contributed by atoms with Crippen molar-refractivity contribution in [1.82, 2.24) is 14.0 Å².